The molecule has 46 heavy (non-hydrogen) atoms. The van der Waals surface area contributed by atoms with Gasteiger partial charge in [-0.3, -0.25) is 4.90 Å². The molecular formula is C34H39F3N4O4S. The Bertz CT molecular complexity index is 1690. The number of carbonyl (C=O) groups is 2. The van der Waals surface area contributed by atoms with Gasteiger partial charge in [0.25, 0.3) is 5.92 Å². The lowest BCUT2D eigenvalue weighted by Gasteiger charge is -2.32. The van der Waals surface area contributed by atoms with Crippen molar-refractivity contribution in [1.82, 2.24) is 15.3 Å². The molecule has 2 aromatic carbocycles. The minimum atomic E-state index is -3.01. The number of benzene rings is 2. The average molecular weight is 657 g/mol. The highest BCUT2D eigenvalue weighted by atomic mass is 32.1. The second kappa shape index (κ2) is 13.3. The number of anilines is 1. The largest absolute Gasteiger partial charge is 0.444 e. The van der Waals surface area contributed by atoms with Crippen LogP contribution in [0.3, 0.4) is 0 Å². The fourth-order valence-electron chi connectivity index (χ4n) is 4.63. The van der Waals surface area contributed by atoms with Crippen LogP contribution in [0.1, 0.15) is 72.4 Å². The number of pyridine rings is 1. The van der Waals surface area contributed by atoms with Crippen LogP contribution >= 0.6 is 11.3 Å². The molecular weight excluding hydrogens is 617 g/mol. The molecule has 0 radical (unpaired) electrons. The number of hydrogen-bond donors (Lipinski definition) is 1. The van der Waals surface area contributed by atoms with E-state index in [2.05, 4.69) is 15.3 Å². The van der Waals surface area contributed by atoms with Crippen molar-refractivity contribution in [3.63, 3.8) is 0 Å². The van der Waals surface area contributed by atoms with E-state index in [9.17, 15) is 22.8 Å². The summed E-state index contributed by atoms with van der Waals surface area (Å²) in [5, 5.41) is 4.60. The zero-order valence-electron chi connectivity index (χ0n) is 27.2. The minimum Gasteiger partial charge on any atom is -0.444 e. The SMILES string of the molecule is CC(c1ccc(C(C)(F)F)cc1)C(CN(C(=O)OC(C)(C)C)c1ncc(-c2ccc3cnc(F)cc3c2)s1)NC(=O)OC(C)(C)C. The number of rotatable bonds is 8. The summed E-state index contributed by atoms with van der Waals surface area (Å²) in [6.07, 6.45) is 1.67. The minimum absolute atomic E-state index is 0.0808. The summed E-state index contributed by atoms with van der Waals surface area (Å²) in [7, 11) is 0. The maximum atomic E-state index is 13.9. The van der Waals surface area contributed by atoms with Crippen molar-refractivity contribution in [2.45, 2.75) is 84.5 Å². The molecule has 0 aliphatic rings. The van der Waals surface area contributed by atoms with E-state index in [-0.39, 0.29) is 12.1 Å². The third-order valence-corrected chi connectivity index (χ3v) is 8.01. The van der Waals surface area contributed by atoms with Crippen LogP contribution in [0.4, 0.5) is 27.9 Å². The Morgan fingerprint density at radius 3 is 2.15 bits per heavy atom. The van der Waals surface area contributed by atoms with Gasteiger partial charge in [0.05, 0.1) is 17.5 Å². The van der Waals surface area contributed by atoms with Crippen molar-refractivity contribution in [2.24, 2.45) is 0 Å². The monoisotopic (exact) mass is 656 g/mol. The van der Waals surface area contributed by atoms with Crippen molar-refractivity contribution < 1.29 is 32.2 Å². The number of alkyl halides is 2. The third-order valence-electron chi connectivity index (χ3n) is 6.94. The maximum Gasteiger partial charge on any atom is 0.416 e. The lowest BCUT2D eigenvalue weighted by atomic mass is 9.91. The highest BCUT2D eigenvalue weighted by molar-refractivity contribution is 7.19. The van der Waals surface area contributed by atoms with E-state index in [0.717, 1.165) is 17.9 Å². The number of thiazole rings is 1. The van der Waals surface area contributed by atoms with Gasteiger partial charge in [0.2, 0.25) is 5.95 Å². The van der Waals surface area contributed by atoms with E-state index in [1.165, 1.54) is 40.6 Å². The number of amides is 2. The van der Waals surface area contributed by atoms with Gasteiger partial charge < -0.3 is 14.8 Å². The molecule has 0 spiro atoms. The van der Waals surface area contributed by atoms with Crippen molar-refractivity contribution in [2.75, 3.05) is 11.4 Å². The molecule has 2 unspecified atom stereocenters. The number of carbonyl (C=O) groups excluding carboxylic acids is 2. The molecule has 2 atom stereocenters. The molecule has 4 rings (SSSR count). The van der Waals surface area contributed by atoms with Gasteiger partial charge in [-0.05, 0) is 64.1 Å². The highest BCUT2D eigenvalue weighted by Crippen LogP contribution is 2.35. The van der Waals surface area contributed by atoms with E-state index in [0.29, 0.717) is 21.0 Å². The van der Waals surface area contributed by atoms with Crippen LogP contribution in [0, 0.1) is 5.95 Å². The molecule has 8 nitrogen and oxygen atoms in total. The Morgan fingerprint density at radius 1 is 0.891 bits per heavy atom. The lowest BCUT2D eigenvalue weighted by molar-refractivity contribution is 0.0174. The van der Waals surface area contributed by atoms with Gasteiger partial charge in [-0.1, -0.05) is 54.7 Å². The molecule has 0 saturated carbocycles. The number of nitrogens with one attached hydrogen (secondary N) is 1. The van der Waals surface area contributed by atoms with E-state index < -0.39 is 47.2 Å². The molecule has 2 amide bonds. The molecule has 1 N–H and O–H groups in total. The fraction of sp³-hybridized carbons (Fsp3) is 0.412. The standard InChI is InChI=1S/C34H39F3N4O4S/c1-20(21-11-13-25(14-12-21)34(8,36)37)26(40-30(42)44-32(2,3)4)19-41(31(43)45-33(5,6)7)29-39-18-27(46-29)22-9-10-23-17-38-28(35)16-24(23)15-22/h9-18,20,26H,19H2,1-8H3,(H,40,42). The molecule has 2 heterocycles. The van der Waals surface area contributed by atoms with Crippen LogP contribution in [0.2, 0.25) is 0 Å². The fourth-order valence-corrected chi connectivity index (χ4v) is 5.55. The van der Waals surface area contributed by atoms with Gasteiger partial charge in [-0.25, -0.2) is 28.3 Å². The number of hydrogen-bond acceptors (Lipinski definition) is 7. The van der Waals surface area contributed by atoms with Crippen LogP contribution < -0.4 is 10.2 Å². The van der Waals surface area contributed by atoms with E-state index >= 15 is 0 Å². The van der Waals surface area contributed by atoms with Crippen LogP contribution in [0.5, 0.6) is 0 Å². The Balaban J connectivity index is 1.72. The first-order valence-corrected chi connectivity index (χ1v) is 15.6. The third kappa shape index (κ3) is 9.18. The van der Waals surface area contributed by atoms with Gasteiger partial charge in [0.1, 0.15) is 11.2 Å². The summed E-state index contributed by atoms with van der Waals surface area (Å²) < 4.78 is 52.9. The van der Waals surface area contributed by atoms with Crippen molar-refractivity contribution in [3.8, 4) is 10.4 Å². The number of nitrogens with zero attached hydrogens (tertiary/aromatic N) is 3. The topological polar surface area (TPSA) is 93.7 Å². The number of ether oxygens (including phenoxy) is 2. The van der Waals surface area contributed by atoms with Gasteiger partial charge in [0.15, 0.2) is 5.13 Å². The Hall–Kier alpha value is -4.19. The number of alkyl carbamates (subject to hydrolysis) is 1. The summed E-state index contributed by atoms with van der Waals surface area (Å²) in [6.45, 7) is 13.0. The molecule has 0 saturated heterocycles. The Labute approximate surface area is 271 Å². The molecule has 0 aliphatic carbocycles. The van der Waals surface area contributed by atoms with Gasteiger partial charge >= 0.3 is 12.2 Å². The van der Waals surface area contributed by atoms with Crippen molar-refractivity contribution in [1.29, 1.82) is 0 Å². The second-order valence-corrected chi connectivity index (χ2v) is 14.2. The predicted molar refractivity (Wildman–Crippen MR) is 174 cm³/mol. The summed E-state index contributed by atoms with van der Waals surface area (Å²) in [5.74, 6) is -4.07. The van der Waals surface area contributed by atoms with Gasteiger partial charge in [-0.15, -0.1) is 0 Å². The van der Waals surface area contributed by atoms with Crippen LogP contribution in [-0.2, 0) is 15.4 Å². The van der Waals surface area contributed by atoms with Crippen molar-refractivity contribution in [3.05, 3.63) is 78.0 Å². The summed E-state index contributed by atoms with van der Waals surface area (Å²) >= 11 is 1.22. The molecule has 0 bridgehead atoms. The predicted octanol–water partition coefficient (Wildman–Crippen LogP) is 9.05. The first-order chi connectivity index (χ1) is 21.3. The number of aromatic nitrogens is 2. The van der Waals surface area contributed by atoms with Gasteiger partial charge in [0, 0.05) is 42.3 Å². The van der Waals surface area contributed by atoms with Crippen LogP contribution in [0.15, 0.2) is 60.9 Å². The van der Waals surface area contributed by atoms with E-state index in [1.807, 2.05) is 25.1 Å². The second-order valence-electron chi connectivity index (χ2n) is 13.2. The molecule has 0 aliphatic heterocycles. The summed E-state index contributed by atoms with van der Waals surface area (Å²) in [5.41, 5.74) is -0.350. The molecule has 4 aromatic rings. The maximum absolute atomic E-state index is 13.9. The quantitative estimate of drug-likeness (QED) is 0.190. The zero-order valence-corrected chi connectivity index (χ0v) is 28.0. The zero-order chi connectivity index (χ0) is 34.0. The van der Waals surface area contributed by atoms with E-state index in [4.69, 9.17) is 9.47 Å². The average Bonchev–Trinajstić information content (AvgIpc) is 3.42. The number of fused-ring (bicyclic) bond motifs is 1. The molecule has 0 fully saturated rings. The van der Waals surface area contributed by atoms with Crippen molar-refractivity contribution >= 4 is 39.4 Å². The number of halogens is 3. The van der Waals surface area contributed by atoms with Crippen LogP contribution in [-0.4, -0.2) is 45.9 Å². The highest BCUT2D eigenvalue weighted by Gasteiger charge is 2.33. The Kier molecular flexibility index (Phi) is 10.0. The summed E-state index contributed by atoms with van der Waals surface area (Å²) in [4.78, 5) is 37.0. The Morgan fingerprint density at radius 2 is 1.54 bits per heavy atom. The summed E-state index contributed by atoms with van der Waals surface area (Å²) in [6, 6.07) is 11.9. The first-order valence-electron chi connectivity index (χ1n) is 14.8. The smallest absolute Gasteiger partial charge is 0.416 e. The van der Waals surface area contributed by atoms with Gasteiger partial charge in [-0.2, -0.15) is 4.39 Å². The van der Waals surface area contributed by atoms with E-state index in [1.54, 1.807) is 59.9 Å². The molecule has 2 aromatic heterocycles. The lowest BCUT2D eigenvalue weighted by Crippen LogP contribution is -2.50. The molecule has 246 valence electrons. The van der Waals surface area contributed by atoms with Crippen LogP contribution in [0.25, 0.3) is 21.2 Å². The normalized spacial score (nSPS) is 13.6. The first kappa shape index (κ1) is 34.7. The molecule has 12 heteroatoms.